The van der Waals surface area contributed by atoms with Crippen LogP contribution in [0.2, 0.25) is 0 Å². The van der Waals surface area contributed by atoms with Crippen molar-refractivity contribution in [2.45, 2.75) is 57.0 Å². The standard InChI is InChI=1S/C19H24F5NO2/c20-18(21,9-4-8-17(26)25-11-1-2-12-25)15-6-3-7-16(14-15)27-13-5-10-19(22,23)24/h3,6-7,14H,1-2,4-5,8-13H2. The zero-order valence-corrected chi connectivity index (χ0v) is 15.0. The lowest BCUT2D eigenvalue weighted by molar-refractivity contribution is -0.136. The maximum Gasteiger partial charge on any atom is 0.389 e. The van der Waals surface area contributed by atoms with Crippen LogP contribution < -0.4 is 4.74 Å². The summed E-state index contributed by atoms with van der Waals surface area (Å²) in [7, 11) is 0. The van der Waals surface area contributed by atoms with E-state index in [0.29, 0.717) is 13.1 Å². The van der Waals surface area contributed by atoms with Gasteiger partial charge in [-0.05, 0) is 37.8 Å². The molecule has 0 bridgehead atoms. The minimum absolute atomic E-state index is 0.0685. The van der Waals surface area contributed by atoms with Crippen LogP contribution in [-0.4, -0.2) is 36.7 Å². The fourth-order valence-electron chi connectivity index (χ4n) is 3.01. The minimum Gasteiger partial charge on any atom is -0.494 e. The number of amides is 1. The first-order valence-corrected chi connectivity index (χ1v) is 9.13. The number of hydrogen-bond acceptors (Lipinski definition) is 2. The largest absolute Gasteiger partial charge is 0.494 e. The van der Waals surface area contributed by atoms with Gasteiger partial charge in [-0.2, -0.15) is 13.2 Å². The summed E-state index contributed by atoms with van der Waals surface area (Å²) in [4.78, 5) is 13.6. The van der Waals surface area contributed by atoms with Crippen LogP contribution in [0.15, 0.2) is 24.3 Å². The van der Waals surface area contributed by atoms with Gasteiger partial charge >= 0.3 is 6.18 Å². The first kappa shape index (κ1) is 21.4. The molecule has 27 heavy (non-hydrogen) atoms. The summed E-state index contributed by atoms with van der Waals surface area (Å²) in [5, 5.41) is 0. The maximum atomic E-state index is 14.4. The normalized spacial score (nSPS) is 15.2. The zero-order valence-electron chi connectivity index (χ0n) is 15.0. The van der Waals surface area contributed by atoms with Gasteiger partial charge in [0.05, 0.1) is 6.61 Å². The highest BCUT2D eigenvalue weighted by Crippen LogP contribution is 2.35. The summed E-state index contributed by atoms with van der Waals surface area (Å²) in [6.45, 7) is 1.20. The molecule has 1 fully saturated rings. The predicted octanol–water partition coefficient (Wildman–Crippen LogP) is 5.29. The molecule has 0 atom stereocenters. The van der Waals surface area contributed by atoms with Crippen molar-refractivity contribution in [2.75, 3.05) is 19.7 Å². The summed E-state index contributed by atoms with van der Waals surface area (Å²) < 4.78 is 70.2. The molecule has 0 saturated carbocycles. The van der Waals surface area contributed by atoms with Gasteiger partial charge in [0.1, 0.15) is 5.75 Å². The molecular formula is C19H24F5NO2. The molecule has 1 saturated heterocycles. The second-order valence-corrected chi connectivity index (χ2v) is 6.74. The van der Waals surface area contributed by atoms with E-state index in [1.807, 2.05) is 0 Å². The molecule has 0 spiro atoms. The molecular weight excluding hydrogens is 369 g/mol. The van der Waals surface area contributed by atoms with Crippen molar-refractivity contribution in [3.8, 4) is 5.75 Å². The van der Waals surface area contributed by atoms with Crippen LogP contribution in [0.25, 0.3) is 0 Å². The van der Waals surface area contributed by atoms with Gasteiger partial charge < -0.3 is 9.64 Å². The van der Waals surface area contributed by atoms with E-state index in [-0.39, 0.29) is 43.1 Å². The van der Waals surface area contributed by atoms with Gasteiger partial charge in [-0.15, -0.1) is 0 Å². The van der Waals surface area contributed by atoms with Crippen molar-refractivity contribution >= 4 is 5.91 Å². The predicted molar refractivity (Wildman–Crippen MR) is 90.8 cm³/mol. The summed E-state index contributed by atoms with van der Waals surface area (Å²) in [6, 6.07) is 5.22. The molecule has 8 heteroatoms. The number of likely N-dealkylation sites (tertiary alicyclic amines) is 1. The number of rotatable bonds is 9. The third-order valence-corrected chi connectivity index (χ3v) is 4.47. The number of nitrogens with zero attached hydrogens (tertiary/aromatic N) is 1. The summed E-state index contributed by atoms with van der Waals surface area (Å²) in [5.74, 6) is -3.11. The van der Waals surface area contributed by atoms with Crippen LogP contribution in [0.1, 0.15) is 50.5 Å². The lowest BCUT2D eigenvalue weighted by Crippen LogP contribution is -2.27. The lowest BCUT2D eigenvalue weighted by Gasteiger charge is -2.19. The molecule has 1 aromatic rings. The summed E-state index contributed by atoms with van der Waals surface area (Å²) in [6.07, 6.45) is -3.87. The summed E-state index contributed by atoms with van der Waals surface area (Å²) >= 11 is 0. The second kappa shape index (κ2) is 9.37. The SMILES string of the molecule is O=C(CCCC(F)(F)c1cccc(OCCCC(F)(F)F)c1)N1CCCC1. The number of halogens is 5. The van der Waals surface area contributed by atoms with Crippen LogP contribution in [0.3, 0.4) is 0 Å². The van der Waals surface area contributed by atoms with Gasteiger partial charge in [-0.3, -0.25) is 4.79 Å². The molecule has 1 heterocycles. The molecule has 1 aliphatic heterocycles. The Labute approximate surface area is 155 Å². The number of alkyl halides is 5. The molecule has 1 amide bonds. The van der Waals surface area contributed by atoms with Gasteiger partial charge in [-0.25, -0.2) is 8.78 Å². The molecule has 1 aromatic carbocycles. The molecule has 0 aromatic heterocycles. The van der Waals surface area contributed by atoms with E-state index < -0.39 is 24.9 Å². The molecule has 152 valence electrons. The molecule has 2 rings (SSSR count). The van der Waals surface area contributed by atoms with Crippen molar-refractivity contribution in [3.05, 3.63) is 29.8 Å². The van der Waals surface area contributed by atoms with Crippen LogP contribution in [-0.2, 0) is 10.7 Å². The van der Waals surface area contributed by atoms with Gasteiger partial charge in [0, 0.05) is 37.9 Å². The Morgan fingerprint density at radius 3 is 2.41 bits per heavy atom. The molecule has 0 radical (unpaired) electrons. The van der Waals surface area contributed by atoms with Crippen molar-refractivity contribution in [1.82, 2.24) is 4.90 Å². The van der Waals surface area contributed by atoms with Gasteiger partial charge in [0.25, 0.3) is 5.92 Å². The van der Waals surface area contributed by atoms with Crippen molar-refractivity contribution in [2.24, 2.45) is 0 Å². The highest BCUT2D eigenvalue weighted by atomic mass is 19.4. The van der Waals surface area contributed by atoms with Gasteiger partial charge in [-0.1, -0.05) is 12.1 Å². The highest BCUT2D eigenvalue weighted by molar-refractivity contribution is 5.76. The van der Waals surface area contributed by atoms with Crippen molar-refractivity contribution in [3.63, 3.8) is 0 Å². The first-order valence-electron chi connectivity index (χ1n) is 9.13. The topological polar surface area (TPSA) is 29.5 Å². The number of ether oxygens (including phenoxy) is 1. The van der Waals surface area contributed by atoms with Gasteiger partial charge in [0.2, 0.25) is 5.91 Å². The Hall–Kier alpha value is -1.86. The van der Waals surface area contributed by atoms with Crippen LogP contribution in [0.5, 0.6) is 5.75 Å². The first-order chi connectivity index (χ1) is 12.7. The van der Waals surface area contributed by atoms with E-state index in [1.165, 1.54) is 18.2 Å². The minimum atomic E-state index is -4.26. The molecule has 1 aliphatic rings. The highest BCUT2D eigenvalue weighted by Gasteiger charge is 2.32. The Morgan fingerprint density at radius 1 is 1.04 bits per heavy atom. The number of hydrogen-bond donors (Lipinski definition) is 0. The number of carbonyl (C=O) groups excluding carboxylic acids is 1. The summed E-state index contributed by atoms with van der Waals surface area (Å²) in [5.41, 5.74) is -0.260. The van der Waals surface area contributed by atoms with Crippen LogP contribution in [0, 0.1) is 0 Å². The van der Waals surface area contributed by atoms with E-state index in [1.54, 1.807) is 4.90 Å². The fourth-order valence-corrected chi connectivity index (χ4v) is 3.01. The maximum absolute atomic E-state index is 14.4. The number of benzene rings is 1. The molecule has 0 unspecified atom stereocenters. The van der Waals surface area contributed by atoms with E-state index in [0.717, 1.165) is 18.9 Å². The Morgan fingerprint density at radius 2 is 1.74 bits per heavy atom. The van der Waals surface area contributed by atoms with E-state index >= 15 is 0 Å². The zero-order chi connectivity index (χ0) is 19.9. The molecule has 3 nitrogen and oxygen atoms in total. The van der Waals surface area contributed by atoms with Gasteiger partial charge in [0.15, 0.2) is 0 Å². The Bertz CT molecular complexity index is 612. The quantitative estimate of drug-likeness (QED) is 0.421. The van der Waals surface area contributed by atoms with Crippen molar-refractivity contribution in [1.29, 1.82) is 0 Å². The average Bonchev–Trinajstić information content (AvgIpc) is 3.13. The smallest absolute Gasteiger partial charge is 0.389 e. The average molecular weight is 393 g/mol. The number of carbonyl (C=O) groups is 1. The Balaban J connectivity index is 1.81. The van der Waals surface area contributed by atoms with E-state index in [9.17, 15) is 26.7 Å². The lowest BCUT2D eigenvalue weighted by atomic mass is 10.0. The fraction of sp³-hybridized carbons (Fsp3) is 0.632. The Kier molecular flexibility index (Phi) is 7.44. The third kappa shape index (κ3) is 7.34. The third-order valence-electron chi connectivity index (χ3n) is 4.47. The van der Waals surface area contributed by atoms with Crippen LogP contribution >= 0.6 is 0 Å². The second-order valence-electron chi connectivity index (χ2n) is 6.74. The van der Waals surface area contributed by atoms with Crippen molar-refractivity contribution < 1.29 is 31.5 Å². The molecule has 0 aliphatic carbocycles. The van der Waals surface area contributed by atoms with E-state index in [4.69, 9.17) is 4.74 Å². The molecule has 0 N–H and O–H groups in total. The monoisotopic (exact) mass is 393 g/mol. The van der Waals surface area contributed by atoms with Crippen LogP contribution in [0.4, 0.5) is 22.0 Å². The van der Waals surface area contributed by atoms with E-state index in [2.05, 4.69) is 0 Å².